The van der Waals surface area contributed by atoms with Crippen molar-refractivity contribution in [3.63, 3.8) is 0 Å². The molecule has 14 heavy (non-hydrogen) atoms. The summed E-state index contributed by atoms with van der Waals surface area (Å²) in [7, 11) is 0. The Morgan fingerprint density at radius 2 is 1.93 bits per heavy atom. The van der Waals surface area contributed by atoms with Gasteiger partial charge in [-0.3, -0.25) is 4.79 Å². The molecule has 0 N–H and O–H groups in total. The van der Waals surface area contributed by atoms with Gasteiger partial charge in [0.15, 0.2) is 5.78 Å². The van der Waals surface area contributed by atoms with E-state index < -0.39 is 0 Å². The number of thiophene rings is 2. The first-order valence-electron chi connectivity index (χ1n) is 4.45. The predicted molar refractivity (Wildman–Crippen MR) is 61.3 cm³/mol. The number of hydrogen-bond acceptors (Lipinski definition) is 3. The van der Waals surface area contributed by atoms with Crippen LogP contribution in [0, 0.1) is 0 Å². The molecule has 2 rings (SSSR count). The zero-order valence-electron chi connectivity index (χ0n) is 7.60. The van der Waals surface area contributed by atoms with Gasteiger partial charge in [-0.15, -0.1) is 22.7 Å². The van der Waals surface area contributed by atoms with Crippen molar-refractivity contribution in [3.05, 3.63) is 44.8 Å². The van der Waals surface area contributed by atoms with Crippen molar-refractivity contribution in [1.82, 2.24) is 0 Å². The molecule has 0 aliphatic carbocycles. The topological polar surface area (TPSA) is 17.1 Å². The third-order valence-electron chi connectivity index (χ3n) is 1.97. The second-order valence-electron chi connectivity index (χ2n) is 2.98. The van der Waals surface area contributed by atoms with E-state index in [2.05, 4.69) is 6.07 Å². The van der Waals surface area contributed by atoms with Gasteiger partial charge in [0.25, 0.3) is 0 Å². The van der Waals surface area contributed by atoms with E-state index in [-0.39, 0.29) is 5.78 Å². The molecule has 0 amide bonds. The lowest BCUT2D eigenvalue weighted by molar-refractivity contribution is 0.0987. The van der Waals surface area contributed by atoms with E-state index in [0.29, 0.717) is 6.42 Å². The second-order valence-corrected chi connectivity index (χ2v) is 4.96. The molecule has 0 aromatic carbocycles. The minimum absolute atomic E-state index is 0.258. The normalized spacial score (nSPS) is 10.3. The Hall–Kier alpha value is -0.930. The molecule has 0 fully saturated rings. The Kier molecular flexibility index (Phi) is 3.11. The first-order valence-corrected chi connectivity index (χ1v) is 6.21. The third-order valence-corrected chi connectivity index (χ3v) is 3.82. The summed E-state index contributed by atoms with van der Waals surface area (Å²) < 4.78 is 0. The van der Waals surface area contributed by atoms with Gasteiger partial charge < -0.3 is 0 Å². The molecule has 2 aromatic rings. The highest BCUT2D eigenvalue weighted by Gasteiger charge is 2.06. The fraction of sp³-hybridized carbons (Fsp3) is 0.182. The number of carbonyl (C=O) groups excluding carboxylic acids is 1. The van der Waals surface area contributed by atoms with E-state index in [1.165, 1.54) is 16.2 Å². The molecular weight excluding hydrogens is 212 g/mol. The van der Waals surface area contributed by atoms with Gasteiger partial charge in [-0.25, -0.2) is 0 Å². The highest BCUT2D eigenvalue weighted by atomic mass is 32.1. The molecule has 0 spiro atoms. The fourth-order valence-electron chi connectivity index (χ4n) is 1.25. The van der Waals surface area contributed by atoms with Crippen molar-refractivity contribution >= 4 is 28.5 Å². The summed E-state index contributed by atoms with van der Waals surface area (Å²) >= 11 is 3.24. The number of aryl methyl sites for hydroxylation is 1. The minimum Gasteiger partial charge on any atom is -0.293 e. The van der Waals surface area contributed by atoms with Crippen LogP contribution in [0.25, 0.3) is 0 Å². The number of ketones is 1. The summed E-state index contributed by atoms with van der Waals surface area (Å²) in [4.78, 5) is 13.8. The third kappa shape index (κ3) is 2.30. The maximum Gasteiger partial charge on any atom is 0.173 e. The quantitative estimate of drug-likeness (QED) is 0.722. The molecular formula is C11H10OS2. The summed E-state index contributed by atoms with van der Waals surface area (Å²) in [5.41, 5.74) is 0. The summed E-state index contributed by atoms with van der Waals surface area (Å²) in [6.07, 6.45) is 1.50. The maximum atomic E-state index is 11.6. The lowest BCUT2D eigenvalue weighted by Gasteiger charge is -1.95. The zero-order valence-corrected chi connectivity index (χ0v) is 9.24. The molecule has 2 heterocycles. The Balaban J connectivity index is 1.90. The van der Waals surface area contributed by atoms with Gasteiger partial charge >= 0.3 is 0 Å². The zero-order chi connectivity index (χ0) is 9.80. The molecule has 1 nitrogen and oxygen atoms in total. The van der Waals surface area contributed by atoms with E-state index in [4.69, 9.17) is 0 Å². The molecule has 2 aromatic heterocycles. The van der Waals surface area contributed by atoms with E-state index in [0.717, 1.165) is 11.3 Å². The summed E-state index contributed by atoms with van der Waals surface area (Å²) in [5, 5.41) is 3.99. The van der Waals surface area contributed by atoms with Crippen LogP contribution in [0.2, 0.25) is 0 Å². The first-order chi connectivity index (χ1) is 6.86. The molecule has 0 saturated heterocycles. The lowest BCUT2D eigenvalue weighted by Crippen LogP contribution is -1.97. The smallest absolute Gasteiger partial charge is 0.173 e. The average Bonchev–Trinajstić information content (AvgIpc) is 2.87. The van der Waals surface area contributed by atoms with Gasteiger partial charge in [0.1, 0.15) is 0 Å². The maximum absolute atomic E-state index is 11.6. The van der Waals surface area contributed by atoms with Crippen LogP contribution >= 0.6 is 22.7 Å². The van der Waals surface area contributed by atoms with E-state index >= 15 is 0 Å². The summed E-state index contributed by atoms with van der Waals surface area (Å²) in [6.45, 7) is 0. The van der Waals surface area contributed by atoms with E-state index in [1.807, 2.05) is 29.0 Å². The van der Waals surface area contributed by atoms with Crippen LogP contribution in [0.5, 0.6) is 0 Å². The molecule has 0 bridgehead atoms. The molecule has 0 radical (unpaired) electrons. The second kappa shape index (κ2) is 4.53. The highest BCUT2D eigenvalue weighted by Crippen LogP contribution is 2.15. The van der Waals surface area contributed by atoms with Crippen molar-refractivity contribution in [2.75, 3.05) is 0 Å². The Morgan fingerprint density at radius 3 is 2.57 bits per heavy atom. The van der Waals surface area contributed by atoms with Crippen LogP contribution in [0.3, 0.4) is 0 Å². The molecule has 0 aliphatic rings. The van der Waals surface area contributed by atoms with Crippen molar-refractivity contribution in [2.24, 2.45) is 0 Å². The largest absolute Gasteiger partial charge is 0.293 e. The Morgan fingerprint density at radius 1 is 1.14 bits per heavy atom. The van der Waals surface area contributed by atoms with Gasteiger partial charge in [-0.2, -0.15) is 0 Å². The number of Topliss-reactive ketones (excluding diaryl/α,β-unsaturated/α-hetero) is 1. The standard InChI is InChI=1S/C11H10OS2/c12-10(11-4-2-8-14-11)6-5-9-3-1-7-13-9/h1-4,7-8H,5-6H2. The van der Waals surface area contributed by atoms with Crippen LogP contribution in [0.15, 0.2) is 35.0 Å². The number of rotatable bonds is 4. The van der Waals surface area contributed by atoms with Crippen LogP contribution in [-0.4, -0.2) is 5.78 Å². The van der Waals surface area contributed by atoms with Crippen LogP contribution in [0.1, 0.15) is 21.0 Å². The van der Waals surface area contributed by atoms with Gasteiger partial charge in [-0.05, 0) is 29.3 Å². The minimum atomic E-state index is 0.258. The van der Waals surface area contributed by atoms with E-state index in [1.54, 1.807) is 11.3 Å². The summed E-state index contributed by atoms with van der Waals surface area (Å²) in [5.74, 6) is 0.258. The average molecular weight is 222 g/mol. The monoisotopic (exact) mass is 222 g/mol. The first kappa shape index (κ1) is 9.62. The van der Waals surface area contributed by atoms with Gasteiger partial charge in [0.2, 0.25) is 0 Å². The van der Waals surface area contributed by atoms with Crippen molar-refractivity contribution in [2.45, 2.75) is 12.8 Å². The lowest BCUT2D eigenvalue weighted by atomic mass is 10.2. The fourth-order valence-corrected chi connectivity index (χ4v) is 2.66. The Bertz CT molecular complexity index is 387. The van der Waals surface area contributed by atoms with Crippen molar-refractivity contribution in [3.8, 4) is 0 Å². The Labute approximate surface area is 91.0 Å². The number of hydrogen-bond donors (Lipinski definition) is 0. The molecule has 0 saturated carbocycles. The van der Waals surface area contributed by atoms with Crippen LogP contribution in [0.4, 0.5) is 0 Å². The highest BCUT2D eigenvalue weighted by molar-refractivity contribution is 7.12. The summed E-state index contributed by atoms with van der Waals surface area (Å²) in [6, 6.07) is 7.91. The molecule has 72 valence electrons. The number of carbonyl (C=O) groups is 1. The van der Waals surface area contributed by atoms with Gasteiger partial charge in [0, 0.05) is 11.3 Å². The molecule has 3 heteroatoms. The van der Waals surface area contributed by atoms with E-state index in [9.17, 15) is 4.79 Å². The molecule has 0 atom stereocenters. The predicted octanol–water partition coefficient (Wildman–Crippen LogP) is 3.63. The van der Waals surface area contributed by atoms with Gasteiger partial charge in [0.05, 0.1) is 4.88 Å². The van der Waals surface area contributed by atoms with Crippen molar-refractivity contribution < 1.29 is 4.79 Å². The van der Waals surface area contributed by atoms with Crippen molar-refractivity contribution in [1.29, 1.82) is 0 Å². The van der Waals surface area contributed by atoms with Crippen LogP contribution in [-0.2, 0) is 6.42 Å². The van der Waals surface area contributed by atoms with Crippen LogP contribution < -0.4 is 0 Å². The SMILES string of the molecule is O=C(CCc1cccs1)c1cccs1. The molecule has 0 aliphatic heterocycles. The van der Waals surface area contributed by atoms with Gasteiger partial charge in [-0.1, -0.05) is 12.1 Å². The molecule has 0 unspecified atom stereocenters.